The monoisotopic (exact) mass is 389 g/mol. The van der Waals surface area contributed by atoms with Crippen molar-refractivity contribution >= 4 is 38.7 Å². The standard InChI is InChI=1S/C16H27NO6SSi/c1-7-9-23-15(21)17(10-16(24,11(3)18)14(17)20)12(25(4,5)6)13(19)22-8-2/h7,11-12,18H,1,8-10H2,2-6H3/t11?,12?,16-,17?/m0/s1. The van der Waals surface area contributed by atoms with Crippen molar-refractivity contribution in [3.05, 3.63) is 12.7 Å². The van der Waals surface area contributed by atoms with Gasteiger partial charge in [0.15, 0.2) is 5.67 Å². The van der Waals surface area contributed by atoms with Gasteiger partial charge < -0.3 is 27.2 Å². The van der Waals surface area contributed by atoms with Gasteiger partial charge in [-0.25, -0.2) is 9.59 Å². The summed E-state index contributed by atoms with van der Waals surface area (Å²) in [6.07, 6.45) is -0.605. The van der Waals surface area contributed by atoms with Crippen molar-refractivity contribution in [2.45, 2.75) is 50.0 Å². The van der Waals surface area contributed by atoms with Gasteiger partial charge >= 0.3 is 18.0 Å². The summed E-state index contributed by atoms with van der Waals surface area (Å²) in [5, 5.41) is 9.91. The number of imide groups is 1. The van der Waals surface area contributed by atoms with E-state index in [1.165, 1.54) is 13.0 Å². The molecule has 1 aliphatic heterocycles. The van der Waals surface area contributed by atoms with Crippen LogP contribution in [0, 0.1) is 0 Å². The number of carbonyl (C=O) groups excluding carboxylic acids is 3. The van der Waals surface area contributed by atoms with Crippen LogP contribution in [0.4, 0.5) is 4.79 Å². The molecular formula is C16H27NO6SSi. The Bertz CT molecular complexity index is 575. The van der Waals surface area contributed by atoms with Crippen molar-refractivity contribution in [1.82, 2.24) is 0 Å². The van der Waals surface area contributed by atoms with Crippen LogP contribution in [-0.4, -0.2) is 71.9 Å². The van der Waals surface area contributed by atoms with Crippen molar-refractivity contribution in [2.75, 3.05) is 19.8 Å². The Labute approximate surface area is 155 Å². The summed E-state index contributed by atoms with van der Waals surface area (Å²) in [5.74, 6) is -1.31. The summed E-state index contributed by atoms with van der Waals surface area (Å²) in [6, 6.07) is 0. The van der Waals surface area contributed by atoms with Gasteiger partial charge in [0.25, 0.3) is 0 Å². The lowest BCUT2D eigenvalue weighted by atomic mass is 9.88. The normalized spacial score (nSPS) is 28.5. The summed E-state index contributed by atoms with van der Waals surface area (Å²) in [7, 11) is -2.41. The Morgan fingerprint density at radius 1 is 1.44 bits per heavy atom. The number of rotatable bonds is 7. The van der Waals surface area contributed by atoms with Gasteiger partial charge in [0.05, 0.1) is 19.3 Å². The maximum absolute atomic E-state index is 13.0. The molecule has 0 bridgehead atoms. The topological polar surface area (TPSA) is 89.9 Å². The number of amides is 2. The van der Waals surface area contributed by atoms with Crippen molar-refractivity contribution < 1.29 is 33.4 Å². The van der Waals surface area contributed by atoms with Crippen molar-refractivity contribution in [2.24, 2.45) is 0 Å². The van der Waals surface area contributed by atoms with Crippen LogP contribution in [0.1, 0.15) is 13.8 Å². The average molecular weight is 390 g/mol. The number of β-lactam (4-membered cyclic amide) rings is 1. The molecule has 25 heavy (non-hydrogen) atoms. The first kappa shape index (κ1) is 21.9. The fraction of sp³-hybridized carbons (Fsp3) is 0.688. The number of ether oxygens (including phenoxy) is 2. The van der Waals surface area contributed by atoms with Gasteiger partial charge in [-0.05, 0) is 13.8 Å². The molecule has 0 saturated carbocycles. The number of hydrogen-bond donors (Lipinski definition) is 1. The van der Waals surface area contributed by atoms with Crippen molar-refractivity contribution in [1.29, 1.82) is 0 Å². The number of quaternary nitrogens is 1. The number of esters is 1. The zero-order valence-corrected chi connectivity index (χ0v) is 17.2. The fourth-order valence-corrected chi connectivity index (χ4v) is 5.98. The van der Waals surface area contributed by atoms with Crippen LogP contribution >= 0.6 is 0 Å². The Morgan fingerprint density at radius 2 is 2.00 bits per heavy atom. The molecule has 2 amide bonds. The second-order valence-electron chi connectivity index (χ2n) is 7.28. The lowest BCUT2D eigenvalue weighted by Gasteiger charge is -2.60. The first-order chi connectivity index (χ1) is 11.4. The number of carbonyl (C=O) groups is 3. The number of aliphatic hydroxyl groups is 1. The molecular weight excluding hydrogens is 362 g/mol. The molecule has 0 spiro atoms. The predicted molar refractivity (Wildman–Crippen MR) is 97.2 cm³/mol. The summed E-state index contributed by atoms with van der Waals surface area (Å²) in [4.78, 5) is 38.5. The number of aliphatic hydroxyl groups excluding tert-OH is 1. The van der Waals surface area contributed by atoms with Gasteiger partial charge in [0, 0.05) is 4.75 Å². The molecule has 1 fully saturated rings. The summed E-state index contributed by atoms with van der Waals surface area (Å²) >= 11 is 5.27. The van der Waals surface area contributed by atoms with E-state index in [9.17, 15) is 19.5 Å². The van der Waals surface area contributed by atoms with E-state index in [2.05, 4.69) is 6.58 Å². The second kappa shape index (κ2) is 7.61. The molecule has 1 saturated heterocycles. The van der Waals surface area contributed by atoms with E-state index in [-0.39, 0.29) is 19.8 Å². The highest BCUT2D eigenvalue weighted by atomic mass is 32.1. The third-order valence-corrected chi connectivity index (χ3v) is 7.27. The van der Waals surface area contributed by atoms with E-state index >= 15 is 0 Å². The maximum atomic E-state index is 13.0. The summed E-state index contributed by atoms with van der Waals surface area (Å²) in [5.41, 5.74) is -0.993. The van der Waals surface area contributed by atoms with Crippen LogP contribution in [0.2, 0.25) is 19.6 Å². The Morgan fingerprint density at radius 3 is 2.36 bits per heavy atom. The number of hydrogen-bond acceptors (Lipinski definition) is 7. The molecule has 1 N–H and O–H groups in total. The van der Waals surface area contributed by atoms with Crippen LogP contribution < -0.4 is 0 Å². The average Bonchev–Trinajstić information content (AvgIpc) is 2.49. The smallest absolute Gasteiger partial charge is 0.524 e. The number of nitrogens with zero attached hydrogens (tertiary/aromatic N) is 1. The van der Waals surface area contributed by atoms with Crippen LogP contribution in [0.5, 0.6) is 0 Å². The Kier molecular flexibility index (Phi) is 6.66. The third-order valence-electron chi connectivity index (χ3n) is 4.30. The number of likely N-dealkylation sites (tertiary alicyclic amines) is 1. The molecule has 1 rings (SSSR count). The predicted octanol–water partition coefficient (Wildman–Crippen LogP) is 1.14. The van der Waals surface area contributed by atoms with Gasteiger partial charge in [-0.2, -0.15) is 9.28 Å². The quantitative estimate of drug-likeness (QED) is 0.174. The van der Waals surface area contributed by atoms with E-state index in [0.29, 0.717) is 0 Å². The Hall–Kier alpha value is -1.16. The highest BCUT2D eigenvalue weighted by Crippen LogP contribution is 2.42. The molecule has 1 heterocycles. The lowest BCUT2D eigenvalue weighted by molar-refractivity contribution is -0.821. The fourth-order valence-electron chi connectivity index (χ4n) is 3.19. The van der Waals surface area contributed by atoms with E-state index in [4.69, 9.17) is 22.1 Å². The Balaban J connectivity index is 3.45. The first-order valence-corrected chi connectivity index (χ1v) is 12.1. The molecule has 0 radical (unpaired) electrons. The summed E-state index contributed by atoms with van der Waals surface area (Å²) < 4.78 is 7.91. The SMILES string of the molecule is C=CCOC(=O)[N+]1(C(C(=O)OCC)[Si](C)(C)C)C[C@]([S-])(C(C)O)C1=O. The highest BCUT2D eigenvalue weighted by Gasteiger charge is 2.72. The van der Waals surface area contributed by atoms with E-state index in [1.807, 2.05) is 19.6 Å². The first-order valence-electron chi connectivity index (χ1n) is 8.15. The minimum atomic E-state index is -2.41. The molecule has 1 aliphatic rings. The molecule has 142 valence electrons. The largest absolute Gasteiger partial charge is 0.764 e. The third kappa shape index (κ3) is 3.69. The zero-order valence-electron chi connectivity index (χ0n) is 15.4. The van der Waals surface area contributed by atoms with Gasteiger partial charge in [-0.15, -0.1) is 0 Å². The van der Waals surface area contributed by atoms with E-state index in [0.717, 1.165) is 0 Å². The molecule has 9 heteroatoms. The summed E-state index contributed by atoms with van der Waals surface area (Å²) in [6.45, 7) is 12.0. The van der Waals surface area contributed by atoms with Crippen molar-refractivity contribution in [3.8, 4) is 0 Å². The minimum absolute atomic E-state index is 0.0908. The molecule has 0 aromatic carbocycles. The van der Waals surface area contributed by atoms with Crippen LogP contribution in [0.15, 0.2) is 12.7 Å². The molecule has 0 aliphatic carbocycles. The minimum Gasteiger partial charge on any atom is -0.764 e. The van der Waals surface area contributed by atoms with E-state index in [1.54, 1.807) is 6.92 Å². The van der Waals surface area contributed by atoms with Crippen molar-refractivity contribution in [3.63, 3.8) is 0 Å². The van der Waals surface area contributed by atoms with Gasteiger partial charge in [-0.3, -0.25) is 0 Å². The van der Waals surface area contributed by atoms with Gasteiger partial charge in [0.1, 0.15) is 14.7 Å². The van der Waals surface area contributed by atoms with Gasteiger partial charge in [0.2, 0.25) is 0 Å². The molecule has 3 unspecified atom stereocenters. The molecule has 0 aromatic heterocycles. The van der Waals surface area contributed by atoms with E-state index < -0.39 is 47.0 Å². The zero-order chi connectivity index (χ0) is 19.6. The van der Waals surface area contributed by atoms with Crippen LogP contribution in [-0.2, 0) is 31.7 Å². The van der Waals surface area contributed by atoms with Crippen LogP contribution in [0.25, 0.3) is 0 Å². The van der Waals surface area contributed by atoms with Gasteiger partial charge in [-0.1, -0.05) is 32.3 Å². The highest BCUT2D eigenvalue weighted by molar-refractivity contribution is 7.62. The lowest BCUT2D eigenvalue weighted by Crippen LogP contribution is -2.88. The molecule has 7 nitrogen and oxygen atoms in total. The van der Waals surface area contributed by atoms with Crippen LogP contribution in [0.3, 0.4) is 0 Å². The molecule has 4 atom stereocenters. The maximum Gasteiger partial charge on any atom is 0.524 e. The second-order valence-corrected chi connectivity index (χ2v) is 13.3. The molecule has 0 aromatic rings.